The molecule has 1 atom stereocenters. The molecule has 1 unspecified atom stereocenters. The van der Waals surface area contributed by atoms with Gasteiger partial charge in [-0.05, 0) is 19.4 Å². The Morgan fingerprint density at radius 3 is 3.37 bits per heavy atom. The molecule has 0 aromatic carbocycles. The zero-order valence-corrected chi connectivity index (χ0v) is 10.8. The molecular weight excluding hydrogens is 244 g/mol. The van der Waals surface area contributed by atoms with Crippen molar-refractivity contribution < 1.29 is 9.53 Å². The monoisotopic (exact) mass is 260 g/mol. The van der Waals surface area contributed by atoms with E-state index in [2.05, 4.69) is 15.2 Å². The summed E-state index contributed by atoms with van der Waals surface area (Å²) in [6.45, 7) is 4.05. The van der Waals surface area contributed by atoms with Gasteiger partial charge < -0.3 is 9.64 Å². The summed E-state index contributed by atoms with van der Waals surface area (Å²) in [4.78, 5) is 18.6. The van der Waals surface area contributed by atoms with Crippen LogP contribution in [-0.2, 0) is 4.74 Å². The van der Waals surface area contributed by atoms with Crippen molar-refractivity contribution in [2.45, 2.75) is 19.4 Å². The van der Waals surface area contributed by atoms with Crippen LogP contribution >= 0.6 is 0 Å². The lowest BCUT2D eigenvalue weighted by atomic mass is 10.1. The third-order valence-electron chi connectivity index (χ3n) is 3.32. The second-order valence-electron chi connectivity index (χ2n) is 4.78. The molecule has 0 aliphatic carbocycles. The van der Waals surface area contributed by atoms with E-state index in [1.54, 1.807) is 18.5 Å². The lowest BCUT2D eigenvalue weighted by Gasteiger charge is -2.22. The molecule has 2 aromatic heterocycles. The van der Waals surface area contributed by atoms with Gasteiger partial charge in [0.1, 0.15) is 0 Å². The molecule has 3 heterocycles. The summed E-state index contributed by atoms with van der Waals surface area (Å²) in [7, 11) is 0. The number of H-pyrrole nitrogens is 1. The summed E-state index contributed by atoms with van der Waals surface area (Å²) < 4.78 is 5.57. The number of nitrogens with one attached hydrogen (secondary N) is 1. The highest BCUT2D eigenvalue weighted by Crippen LogP contribution is 2.17. The van der Waals surface area contributed by atoms with Crippen LogP contribution in [0.25, 0.3) is 11.0 Å². The van der Waals surface area contributed by atoms with Crippen LogP contribution in [0.3, 0.4) is 0 Å². The van der Waals surface area contributed by atoms with Gasteiger partial charge in [0, 0.05) is 25.9 Å². The zero-order valence-electron chi connectivity index (χ0n) is 10.8. The number of fused-ring (bicyclic) bond motifs is 1. The van der Waals surface area contributed by atoms with E-state index in [1.807, 2.05) is 11.8 Å². The van der Waals surface area contributed by atoms with Gasteiger partial charge in [0.2, 0.25) is 0 Å². The number of carbonyl (C=O) groups is 1. The summed E-state index contributed by atoms with van der Waals surface area (Å²) in [5, 5.41) is 7.49. The fraction of sp³-hybridized carbons (Fsp3) is 0.462. The molecule has 1 amide bonds. The van der Waals surface area contributed by atoms with Gasteiger partial charge in [0.15, 0.2) is 5.65 Å². The van der Waals surface area contributed by atoms with E-state index in [-0.39, 0.29) is 12.0 Å². The van der Waals surface area contributed by atoms with Crippen LogP contribution in [0.5, 0.6) is 0 Å². The summed E-state index contributed by atoms with van der Waals surface area (Å²) in [5.74, 6) is 0.0196. The van der Waals surface area contributed by atoms with Gasteiger partial charge in [0.05, 0.1) is 23.3 Å². The quantitative estimate of drug-likeness (QED) is 0.836. The lowest BCUT2D eigenvalue weighted by molar-refractivity contribution is 0.0564. The normalized spacial score (nSPS) is 20.5. The number of pyridine rings is 1. The molecule has 2 aromatic rings. The summed E-state index contributed by atoms with van der Waals surface area (Å²) in [6.07, 6.45) is 4.22. The molecule has 6 nitrogen and oxygen atoms in total. The topological polar surface area (TPSA) is 71.1 Å². The van der Waals surface area contributed by atoms with E-state index in [9.17, 15) is 4.79 Å². The minimum absolute atomic E-state index is 0.0196. The van der Waals surface area contributed by atoms with Crippen molar-refractivity contribution >= 4 is 16.9 Å². The molecule has 1 N–H and O–H groups in total. The van der Waals surface area contributed by atoms with E-state index in [4.69, 9.17) is 4.74 Å². The van der Waals surface area contributed by atoms with Gasteiger partial charge in [-0.3, -0.25) is 9.89 Å². The van der Waals surface area contributed by atoms with Gasteiger partial charge in [-0.15, -0.1) is 0 Å². The molecule has 3 rings (SSSR count). The Bertz CT molecular complexity index is 595. The van der Waals surface area contributed by atoms with Crippen LogP contribution < -0.4 is 0 Å². The molecule has 1 saturated heterocycles. The van der Waals surface area contributed by atoms with E-state index >= 15 is 0 Å². The molecule has 1 aliphatic heterocycles. The number of aromatic amines is 1. The van der Waals surface area contributed by atoms with Gasteiger partial charge in [0.25, 0.3) is 5.91 Å². The van der Waals surface area contributed by atoms with Crippen LogP contribution in [0.15, 0.2) is 18.5 Å². The first kappa shape index (κ1) is 12.1. The van der Waals surface area contributed by atoms with E-state index in [1.165, 1.54) is 0 Å². The summed E-state index contributed by atoms with van der Waals surface area (Å²) >= 11 is 0. The predicted octanol–water partition coefficient (Wildman–Crippen LogP) is 1.21. The minimum Gasteiger partial charge on any atom is -0.377 e. The highest BCUT2D eigenvalue weighted by atomic mass is 16.5. The van der Waals surface area contributed by atoms with Crippen molar-refractivity contribution in [3.8, 4) is 0 Å². The van der Waals surface area contributed by atoms with E-state index in [0.717, 1.165) is 18.4 Å². The maximum Gasteiger partial charge on any atom is 0.254 e. The van der Waals surface area contributed by atoms with Crippen molar-refractivity contribution in [3.63, 3.8) is 0 Å². The highest BCUT2D eigenvalue weighted by Gasteiger charge is 2.22. The molecular formula is C13H16N4O2. The predicted molar refractivity (Wildman–Crippen MR) is 69.8 cm³/mol. The van der Waals surface area contributed by atoms with E-state index in [0.29, 0.717) is 24.4 Å². The van der Waals surface area contributed by atoms with Gasteiger partial charge in [-0.25, -0.2) is 4.98 Å². The molecule has 1 fully saturated rings. The number of aromatic nitrogens is 3. The molecule has 0 spiro atoms. The Labute approximate surface area is 110 Å². The number of amides is 1. The molecule has 0 radical (unpaired) electrons. The van der Waals surface area contributed by atoms with Crippen LogP contribution in [0, 0.1) is 0 Å². The molecule has 0 bridgehead atoms. The van der Waals surface area contributed by atoms with Crippen molar-refractivity contribution in [2.24, 2.45) is 0 Å². The fourth-order valence-electron chi connectivity index (χ4n) is 2.39. The fourth-order valence-corrected chi connectivity index (χ4v) is 2.39. The zero-order chi connectivity index (χ0) is 13.2. The third-order valence-corrected chi connectivity index (χ3v) is 3.32. The van der Waals surface area contributed by atoms with Crippen LogP contribution in [-0.4, -0.2) is 51.8 Å². The lowest BCUT2D eigenvalue weighted by Crippen LogP contribution is -2.36. The van der Waals surface area contributed by atoms with Crippen LogP contribution in [0.4, 0.5) is 0 Å². The van der Waals surface area contributed by atoms with Crippen molar-refractivity contribution in [2.75, 3.05) is 19.7 Å². The van der Waals surface area contributed by atoms with Crippen LogP contribution in [0.1, 0.15) is 23.7 Å². The number of rotatable bonds is 1. The first-order valence-electron chi connectivity index (χ1n) is 6.44. The number of hydrogen-bond donors (Lipinski definition) is 1. The van der Waals surface area contributed by atoms with Crippen molar-refractivity contribution in [3.05, 3.63) is 24.0 Å². The maximum atomic E-state index is 12.6. The maximum absolute atomic E-state index is 12.6. The average molecular weight is 260 g/mol. The Kier molecular flexibility index (Phi) is 3.16. The first-order valence-corrected chi connectivity index (χ1v) is 6.44. The van der Waals surface area contributed by atoms with Crippen molar-refractivity contribution in [1.82, 2.24) is 20.1 Å². The SMILES string of the molecule is CC1CN(C(=O)c2ccnc3[nH]ncc23)CCCO1. The summed E-state index contributed by atoms with van der Waals surface area (Å²) in [6, 6.07) is 1.75. The standard InChI is InChI=1S/C13H16N4O2/c1-9-8-17(5-2-6-19-9)13(18)10-3-4-14-12-11(10)7-15-16-12/h3-4,7,9H,2,5-6,8H2,1H3,(H,14,15,16). The largest absolute Gasteiger partial charge is 0.377 e. The average Bonchev–Trinajstić information content (AvgIpc) is 2.79. The van der Waals surface area contributed by atoms with Crippen LogP contribution in [0.2, 0.25) is 0 Å². The Morgan fingerprint density at radius 1 is 1.58 bits per heavy atom. The molecule has 1 aliphatic rings. The smallest absolute Gasteiger partial charge is 0.254 e. The molecule has 0 saturated carbocycles. The number of carbonyl (C=O) groups excluding carboxylic acids is 1. The Balaban J connectivity index is 1.92. The molecule has 100 valence electrons. The Morgan fingerprint density at radius 2 is 2.47 bits per heavy atom. The highest BCUT2D eigenvalue weighted by molar-refractivity contribution is 6.05. The second-order valence-corrected chi connectivity index (χ2v) is 4.78. The number of ether oxygens (including phenoxy) is 1. The second kappa shape index (κ2) is 4.97. The van der Waals surface area contributed by atoms with Gasteiger partial charge in [-0.1, -0.05) is 0 Å². The summed E-state index contributed by atoms with van der Waals surface area (Å²) in [5.41, 5.74) is 1.29. The third kappa shape index (κ3) is 2.31. The Hall–Kier alpha value is -1.95. The van der Waals surface area contributed by atoms with Gasteiger partial charge in [-0.2, -0.15) is 5.10 Å². The first-order chi connectivity index (χ1) is 9.25. The van der Waals surface area contributed by atoms with E-state index < -0.39 is 0 Å². The van der Waals surface area contributed by atoms with Crippen molar-refractivity contribution in [1.29, 1.82) is 0 Å². The number of hydrogen-bond acceptors (Lipinski definition) is 4. The minimum atomic E-state index is 0.0196. The number of nitrogens with zero attached hydrogens (tertiary/aromatic N) is 3. The molecule has 19 heavy (non-hydrogen) atoms. The van der Waals surface area contributed by atoms with Gasteiger partial charge >= 0.3 is 0 Å². The molecule has 6 heteroatoms.